The number of hydrogen-bond donors (Lipinski definition) is 0. The highest BCUT2D eigenvalue weighted by molar-refractivity contribution is 5.67. The molecule has 1 heterocycles. The van der Waals surface area contributed by atoms with Gasteiger partial charge < -0.3 is 4.57 Å². The third-order valence-corrected chi connectivity index (χ3v) is 5.62. The maximum Gasteiger partial charge on any atom is 0.460 e. The molecule has 3 nitrogen and oxygen atoms in total. The Morgan fingerprint density at radius 1 is 0.886 bits per heavy atom. The molecule has 184 valence electrons. The molecule has 0 aliphatic heterocycles. The number of halogens is 7. The second kappa shape index (κ2) is 8.87. The van der Waals surface area contributed by atoms with Gasteiger partial charge in [-0.15, -0.1) is 0 Å². The molecule has 0 aliphatic rings. The Morgan fingerprint density at radius 3 is 2.06 bits per heavy atom. The zero-order valence-corrected chi connectivity index (χ0v) is 18.8. The minimum absolute atomic E-state index is 0.135. The summed E-state index contributed by atoms with van der Waals surface area (Å²) in [5, 5.41) is 0. The van der Waals surface area contributed by atoms with E-state index in [0.717, 1.165) is 15.7 Å². The molecule has 0 unspecified atom stereocenters. The molecule has 0 atom stereocenters. The molecule has 0 amide bonds. The predicted molar refractivity (Wildman–Crippen MR) is 117 cm³/mol. The molecule has 3 rings (SSSR count). The quantitative estimate of drug-likeness (QED) is 0.268. The fraction of sp³-hybridized carbons (Fsp3) is 0.280. The van der Waals surface area contributed by atoms with Gasteiger partial charge >= 0.3 is 18.0 Å². The summed E-state index contributed by atoms with van der Waals surface area (Å²) in [7, 11) is 0. The van der Waals surface area contributed by atoms with Crippen LogP contribution >= 0.6 is 0 Å². The zero-order chi connectivity index (χ0) is 26.3. The Balaban J connectivity index is 2.40. The van der Waals surface area contributed by atoms with Crippen LogP contribution in [0.25, 0.3) is 16.1 Å². The summed E-state index contributed by atoms with van der Waals surface area (Å²) in [5.74, 6) is -12.4. The Kier molecular flexibility index (Phi) is 6.59. The third kappa shape index (κ3) is 4.55. The van der Waals surface area contributed by atoms with Gasteiger partial charge in [-0.25, -0.2) is 4.85 Å². The molecule has 0 saturated heterocycles. The van der Waals surface area contributed by atoms with Crippen LogP contribution < -0.4 is 5.56 Å². The van der Waals surface area contributed by atoms with Gasteiger partial charge in [-0.2, -0.15) is 30.7 Å². The summed E-state index contributed by atoms with van der Waals surface area (Å²) in [6, 6.07) is 11.6. The van der Waals surface area contributed by atoms with E-state index in [-0.39, 0.29) is 17.8 Å². The van der Waals surface area contributed by atoms with Gasteiger partial charge in [-0.05, 0) is 49.6 Å². The molecule has 0 fully saturated rings. The van der Waals surface area contributed by atoms with Crippen molar-refractivity contribution >= 4 is 5.69 Å². The molecular formula is C25H19F7N2O. The minimum Gasteiger partial charge on any atom is -0.313 e. The van der Waals surface area contributed by atoms with Crippen molar-refractivity contribution in [3.8, 4) is 11.3 Å². The summed E-state index contributed by atoms with van der Waals surface area (Å²) < 4.78 is 96.8. The molecule has 0 spiro atoms. The van der Waals surface area contributed by atoms with Crippen molar-refractivity contribution in [2.45, 2.75) is 45.3 Å². The molecule has 10 heteroatoms. The van der Waals surface area contributed by atoms with Gasteiger partial charge in [0.05, 0.1) is 13.1 Å². The molecule has 2 aromatic carbocycles. The second-order valence-electron chi connectivity index (χ2n) is 8.24. The number of aryl methyl sites for hydroxylation is 3. The van der Waals surface area contributed by atoms with Crippen LogP contribution in [0.3, 0.4) is 0 Å². The van der Waals surface area contributed by atoms with Crippen LogP contribution in [0.5, 0.6) is 0 Å². The van der Waals surface area contributed by atoms with Gasteiger partial charge in [0, 0.05) is 11.3 Å². The maximum atomic E-state index is 14.7. The fourth-order valence-electron chi connectivity index (χ4n) is 3.72. The Bertz CT molecular complexity index is 1380. The summed E-state index contributed by atoms with van der Waals surface area (Å²) >= 11 is 0. The van der Waals surface area contributed by atoms with Crippen LogP contribution in [-0.2, 0) is 12.5 Å². The summed E-state index contributed by atoms with van der Waals surface area (Å²) in [6.45, 7) is 12.2. The van der Waals surface area contributed by atoms with Crippen molar-refractivity contribution in [3.63, 3.8) is 0 Å². The Hall–Kier alpha value is -3.61. The normalized spacial score (nSPS) is 12.5. The van der Waals surface area contributed by atoms with Crippen LogP contribution in [0.4, 0.5) is 36.4 Å². The number of hydrogen-bond acceptors (Lipinski definition) is 1. The van der Waals surface area contributed by atoms with Crippen molar-refractivity contribution in [2.24, 2.45) is 0 Å². The average Bonchev–Trinajstić information content (AvgIpc) is 2.75. The summed E-state index contributed by atoms with van der Waals surface area (Å²) in [6.07, 6.45) is -6.62. The molecule has 3 aromatic rings. The standard InChI is InChI=1S/C25H19F7N2O/c1-14-6-5-7-17(11-14)20-12-19(23(26,27)24(28,29)25(30,31)32)21(33-4)22(35)34(20)13-18-9-8-15(2)10-16(18)3/h5-12H,13H2,1-3H3. The largest absolute Gasteiger partial charge is 0.460 e. The topological polar surface area (TPSA) is 26.4 Å². The Morgan fingerprint density at radius 2 is 1.51 bits per heavy atom. The lowest BCUT2D eigenvalue weighted by molar-refractivity contribution is -0.359. The first kappa shape index (κ1) is 26.0. The summed E-state index contributed by atoms with van der Waals surface area (Å²) in [4.78, 5) is 15.9. The van der Waals surface area contributed by atoms with Crippen molar-refractivity contribution in [1.82, 2.24) is 4.57 Å². The molecule has 35 heavy (non-hydrogen) atoms. The summed E-state index contributed by atoms with van der Waals surface area (Å²) in [5.41, 5.74) is -2.23. The molecular weight excluding hydrogens is 477 g/mol. The zero-order valence-electron chi connectivity index (χ0n) is 18.8. The van der Waals surface area contributed by atoms with E-state index in [2.05, 4.69) is 4.85 Å². The van der Waals surface area contributed by atoms with E-state index in [1.54, 1.807) is 38.1 Å². The van der Waals surface area contributed by atoms with E-state index in [9.17, 15) is 35.5 Å². The first-order valence-corrected chi connectivity index (χ1v) is 10.2. The van der Waals surface area contributed by atoms with Crippen LogP contribution in [0.2, 0.25) is 0 Å². The highest BCUT2D eigenvalue weighted by Gasteiger charge is 2.74. The van der Waals surface area contributed by atoms with Gasteiger partial charge in [0.1, 0.15) is 0 Å². The smallest absolute Gasteiger partial charge is 0.313 e. The van der Waals surface area contributed by atoms with Gasteiger partial charge in [0.2, 0.25) is 0 Å². The average molecular weight is 496 g/mol. The lowest BCUT2D eigenvalue weighted by Crippen LogP contribution is -2.50. The van der Waals surface area contributed by atoms with E-state index < -0.39 is 34.8 Å². The molecule has 0 saturated carbocycles. The number of alkyl halides is 7. The van der Waals surface area contributed by atoms with Crippen LogP contribution in [0, 0.1) is 27.3 Å². The van der Waals surface area contributed by atoms with Crippen LogP contribution in [0.1, 0.15) is 27.8 Å². The first-order chi connectivity index (χ1) is 16.1. The highest BCUT2D eigenvalue weighted by atomic mass is 19.4. The highest BCUT2D eigenvalue weighted by Crippen LogP contribution is 2.53. The van der Waals surface area contributed by atoms with E-state index in [4.69, 9.17) is 6.57 Å². The van der Waals surface area contributed by atoms with Crippen LogP contribution in [0.15, 0.2) is 53.3 Å². The van der Waals surface area contributed by atoms with Crippen molar-refractivity contribution in [3.05, 3.63) is 98.1 Å². The number of nitrogens with zero attached hydrogens (tertiary/aromatic N) is 2. The predicted octanol–water partition coefficient (Wildman–Crippen LogP) is 7.33. The van der Waals surface area contributed by atoms with Crippen molar-refractivity contribution in [1.29, 1.82) is 0 Å². The monoisotopic (exact) mass is 496 g/mol. The molecule has 0 radical (unpaired) electrons. The van der Waals surface area contributed by atoms with Gasteiger partial charge in [-0.1, -0.05) is 47.5 Å². The number of pyridine rings is 1. The van der Waals surface area contributed by atoms with Gasteiger partial charge in [0.15, 0.2) is 0 Å². The van der Waals surface area contributed by atoms with Crippen LogP contribution in [-0.4, -0.2) is 16.7 Å². The van der Waals surface area contributed by atoms with Gasteiger partial charge in [-0.3, -0.25) is 4.79 Å². The van der Waals surface area contributed by atoms with Crippen molar-refractivity contribution in [2.75, 3.05) is 0 Å². The third-order valence-electron chi connectivity index (χ3n) is 5.62. The fourth-order valence-corrected chi connectivity index (χ4v) is 3.72. The molecule has 1 aromatic heterocycles. The first-order valence-electron chi connectivity index (χ1n) is 10.2. The minimum atomic E-state index is -6.62. The number of rotatable bonds is 5. The van der Waals surface area contributed by atoms with E-state index in [0.29, 0.717) is 17.2 Å². The molecule has 0 aliphatic carbocycles. The Labute approximate surface area is 196 Å². The van der Waals surface area contributed by atoms with E-state index >= 15 is 0 Å². The molecule has 0 bridgehead atoms. The van der Waals surface area contributed by atoms with Crippen molar-refractivity contribution < 1.29 is 30.7 Å². The van der Waals surface area contributed by atoms with Gasteiger partial charge in [0.25, 0.3) is 11.2 Å². The lowest BCUT2D eigenvalue weighted by Gasteiger charge is -2.30. The number of benzene rings is 2. The number of aromatic nitrogens is 1. The van der Waals surface area contributed by atoms with E-state index in [1.165, 1.54) is 18.2 Å². The van der Waals surface area contributed by atoms with E-state index in [1.807, 2.05) is 6.92 Å². The maximum absolute atomic E-state index is 14.7. The second-order valence-corrected chi connectivity index (χ2v) is 8.24. The molecule has 0 N–H and O–H groups in total. The lowest BCUT2D eigenvalue weighted by atomic mass is 9.97. The SMILES string of the molecule is [C-]#[N+]c1c(C(F)(F)C(F)(F)C(F)(F)F)cc(-c2cccc(C)c2)n(Cc2ccc(C)cc2C)c1=O.